The number of hydrazone groups is 1. The molecule has 0 aliphatic carbocycles. The predicted octanol–water partition coefficient (Wildman–Crippen LogP) is 4.06. The number of nitrogens with two attached hydrogens (primary N) is 1. The van der Waals surface area contributed by atoms with Crippen LogP contribution >= 0.6 is 11.8 Å². The molecule has 0 amide bonds. The SMILES string of the molecule is NN=Cc1ccc(Sc2cccc(C(F)(F)F)c2)c([N+](=O)[O-])c1. The van der Waals surface area contributed by atoms with Crippen LogP contribution in [0.2, 0.25) is 0 Å². The molecule has 0 radical (unpaired) electrons. The topological polar surface area (TPSA) is 81.5 Å². The van der Waals surface area contributed by atoms with Crippen molar-refractivity contribution in [3.05, 3.63) is 63.7 Å². The van der Waals surface area contributed by atoms with Crippen LogP contribution in [0, 0.1) is 10.1 Å². The quantitative estimate of drug-likeness (QED) is 0.393. The van der Waals surface area contributed by atoms with E-state index in [9.17, 15) is 23.3 Å². The molecule has 0 unspecified atom stereocenters. The van der Waals surface area contributed by atoms with E-state index >= 15 is 0 Å². The van der Waals surface area contributed by atoms with Crippen LogP contribution in [0.3, 0.4) is 0 Å². The predicted molar refractivity (Wildman–Crippen MR) is 80.4 cm³/mol. The van der Waals surface area contributed by atoms with Gasteiger partial charge in [0.1, 0.15) is 0 Å². The third-order valence-corrected chi connectivity index (χ3v) is 3.85. The molecule has 0 atom stereocenters. The fourth-order valence-electron chi connectivity index (χ4n) is 1.79. The molecule has 120 valence electrons. The number of halogens is 3. The van der Waals surface area contributed by atoms with Crippen LogP contribution in [0.15, 0.2) is 57.4 Å². The zero-order valence-corrected chi connectivity index (χ0v) is 12.3. The molecule has 9 heteroatoms. The normalized spacial score (nSPS) is 11.8. The molecule has 0 heterocycles. The van der Waals surface area contributed by atoms with Crippen LogP contribution in [0.4, 0.5) is 18.9 Å². The number of benzene rings is 2. The van der Waals surface area contributed by atoms with E-state index in [1.807, 2.05) is 0 Å². The zero-order chi connectivity index (χ0) is 17.0. The monoisotopic (exact) mass is 341 g/mol. The maximum absolute atomic E-state index is 12.7. The van der Waals surface area contributed by atoms with Crippen molar-refractivity contribution >= 4 is 23.7 Å². The Morgan fingerprint density at radius 1 is 1.22 bits per heavy atom. The molecule has 2 aromatic rings. The van der Waals surface area contributed by atoms with Crippen molar-refractivity contribution in [3.8, 4) is 0 Å². The van der Waals surface area contributed by atoms with Gasteiger partial charge in [0.25, 0.3) is 5.69 Å². The first-order valence-electron chi connectivity index (χ1n) is 6.18. The number of hydrogen-bond donors (Lipinski definition) is 1. The minimum Gasteiger partial charge on any atom is -0.323 e. The lowest BCUT2D eigenvalue weighted by molar-refractivity contribution is -0.387. The second-order valence-corrected chi connectivity index (χ2v) is 5.51. The van der Waals surface area contributed by atoms with Crippen LogP contribution in [0.1, 0.15) is 11.1 Å². The first kappa shape index (κ1) is 16.8. The van der Waals surface area contributed by atoms with Crippen molar-refractivity contribution < 1.29 is 18.1 Å². The first-order valence-corrected chi connectivity index (χ1v) is 6.99. The van der Waals surface area contributed by atoms with Crippen molar-refractivity contribution in [2.75, 3.05) is 0 Å². The van der Waals surface area contributed by atoms with Gasteiger partial charge in [-0.05, 0) is 24.3 Å². The molecule has 0 saturated heterocycles. The van der Waals surface area contributed by atoms with E-state index in [1.54, 1.807) is 6.07 Å². The van der Waals surface area contributed by atoms with Crippen LogP contribution < -0.4 is 5.84 Å². The Kier molecular flexibility index (Phi) is 4.89. The molecule has 2 N–H and O–H groups in total. The van der Waals surface area contributed by atoms with Gasteiger partial charge in [0.05, 0.1) is 21.6 Å². The smallest absolute Gasteiger partial charge is 0.323 e. The van der Waals surface area contributed by atoms with Gasteiger partial charge >= 0.3 is 6.18 Å². The van der Waals surface area contributed by atoms with E-state index < -0.39 is 16.7 Å². The molecule has 0 bridgehead atoms. The highest BCUT2D eigenvalue weighted by Crippen LogP contribution is 2.38. The van der Waals surface area contributed by atoms with Crippen molar-refractivity contribution in [2.45, 2.75) is 16.0 Å². The van der Waals surface area contributed by atoms with Crippen molar-refractivity contribution in [1.29, 1.82) is 0 Å². The summed E-state index contributed by atoms with van der Waals surface area (Å²) in [5.74, 6) is 4.99. The van der Waals surface area contributed by atoms with Crippen molar-refractivity contribution in [2.24, 2.45) is 10.9 Å². The number of hydrogen-bond acceptors (Lipinski definition) is 5. The largest absolute Gasteiger partial charge is 0.416 e. The molecule has 2 rings (SSSR count). The highest BCUT2D eigenvalue weighted by atomic mass is 32.2. The van der Waals surface area contributed by atoms with Crippen LogP contribution in [0.5, 0.6) is 0 Å². The summed E-state index contributed by atoms with van der Waals surface area (Å²) in [6.07, 6.45) is -3.23. The van der Waals surface area contributed by atoms with Crippen molar-refractivity contribution in [3.63, 3.8) is 0 Å². The summed E-state index contributed by atoms with van der Waals surface area (Å²) in [5, 5.41) is 14.4. The van der Waals surface area contributed by atoms with Gasteiger partial charge < -0.3 is 5.84 Å². The summed E-state index contributed by atoms with van der Waals surface area (Å²) >= 11 is 0.882. The molecule has 23 heavy (non-hydrogen) atoms. The van der Waals surface area contributed by atoms with Gasteiger partial charge in [0.15, 0.2) is 0 Å². The summed E-state index contributed by atoms with van der Waals surface area (Å²) in [6, 6.07) is 8.85. The van der Waals surface area contributed by atoms with E-state index in [0.717, 1.165) is 23.9 Å². The van der Waals surface area contributed by atoms with Gasteiger partial charge in [-0.25, -0.2) is 0 Å². The lowest BCUT2D eigenvalue weighted by atomic mass is 10.2. The Bertz CT molecular complexity index is 763. The molecule has 0 aromatic heterocycles. The third-order valence-electron chi connectivity index (χ3n) is 2.79. The number of nitrogens with zero attached hydrogens (tertiary/aromatic N) is 2. The number of rotatable bonds is 4. The summed E-state index contributed by atoms with van der Waals surface area (Å²) in [5.41, 5.74) is -0.616. The van der Waals surface area contributed by atoms with E-state index in [-0.39, 0.29) is 15.5 Å². The fraction of sp³-hybridized carbons (Fsp3) is 0.0714. The Morgan fingerprint density at radius 2 is 1.96 bits per heavy atom. The van der Waals surface area contributed by atoms with Gasteiger partial charge in [0.2, 0.25) is 0 Å². The van der Waals surface area contributed by atoms with Gasteiger partial charge in [0, 0.05) is 16.5 Å². The standard InChI is InChI=1S/C14H10F3N3O2S/c15-14(16,17)10-2-1-3-11(7-10)23-13-5-4-9(8-19-18)6-12(13)20(21)22/h1-8H,18H2. The molecule has 0 saturated carbocycles. The highest BCUT2D eigenvalue weighted by Gasteiger charge is 2.30. The van der Waals surface area contributed by atoms with Gasteiger partial charge in [-0.2, -0.15) is 18.3 Å². The van der Waals surface area contributed by atoms with Gasteiger partial charge in [-0.3, -0.25) is 10.1 Å². The second kappa shape index (κ2) is 6.69. The number of nitro benzene ring substituents is 1. The number of alkyl halides is 3. The highest BCUT2D eigenvalue weighted by molar-refractivity contribution is 7.99. The fourth-order valence-corrected chi connectivity index (χ4v) is 2.75. The van der Waals surface area contributed by atoms with E-state index in [4.69, 9.17) is 5.84 Å². The average molecular weight is 341 g/mol. The molecule has 0 aliphatic heterocycles. The molecule has 2 aromatic carbocycles. The molecular formula is C14H10F3N3O2S. The molecule has 0 fully saturated rings. The van der Waals surface area contributed by atoms with Gasteiger partial charge in [-0.15, -0.1) is 0 Å². The molecular weight excluding hydrogens is 331 g/mol. The molecule has 0 spiro atoms. The van der Waals surface area contributed by atoms with Gasteiger partial charge in [-0.1, -0.05) is 23.9 Å². The average Bonchev–Trinajstić information content (AvgIpc) is 2.48. The van der Waals surface area contributed by atoms with E-state index in [2.05, 4.69) is 5.10 Å². The van der Waals surface area contributed by atoms with Crippen molar-refractivity contribution in [1.82, 2.24) is 0 Å². The Morgan fingerprint density at radius 3 is 2.57 bits per heavy atom. The van der Waals surface area contributed by atoms with Crippen LogP contribution in [-0.2, 0) is 6.18 Å². The lowest BCUT2D eigenvalue weighted by Gasteiger charge is -2.09. The minimum atomic E-state index is -4.47. The van der Waals surface area contributed by atoms with E-state index in [0.29, 0.717) is 5.56 Å². The summed E-state index contributed by atoms with van der Waals surface area (Å²) in [4.78, 5) is 11.0. The number of nitro groups is 1. The molecule has 5 nitrogen and oxygen atoms in total. The van der Waals surface area contributed by atoms with Crippen LogP contribution in [-0.4, -0.2) is 11.1 Å². The van der Waals surface area contributed by atoms with E-state index in [1.165, 1.54) is 30.5 Å². The maximum atomic E-state index is 12.7. The summed E-state index contributed by atoms with van der Waals surface area (Å²) < 4.78 is 38.1. The third kappa shape index (κ3) is 4.22. The summed E-state index contributed by atoms with van der Waals surface area (Å²) in [6.45, 7) is 0. The maximum Gasteiger partial charge on any atom is 0.416 e. The Balaban J connectivity index is 2.38. The Labute approximate surface area is 133 Å². The lowest BCUT2D eigenvalue weighted by Crippen LogP contribution is -2.04. The minimum absolute atomic E-state index is 0.225. The zero-order valence-electron chi connectivity index (χ0n) is 11.4. The summed E-state index contributed by atoms with van der Waals surface area (Å²) in [7, 11) is 0. The molecule has 0 aliphatic rings. The van der Waals surface area contributed by atoms with Crippen LogP contribution in [0.25, 0.3) is 0 Å². The Hall–Kier alpha value is -2.55. The first-order chi connectivity index (χ1) is 10.8. The second-order valence-electron chi connectivity index (χ2n) is 4.39.